The van der Waals surface area contributed by atoms with E-state index in [-0.39, 0.29) is 42.1 Å². The van der Waals surface area contributed by atoms with Gasteiger partial charge in [-0.2, -0.15) is 5.11 Å². The van der Waals surface area contributed by atoms with E-state index in [1.807, 2.05) is 30.3 Å². The zero-order valence-electron chi connectivity index (χ0n) is 40.5. The molecule has 4 aromatic carbocycles. The topological polar surface area (TPSA) is 205 Å². The molecule has 1 atom stereocenters. The summed E-state index contributed by atoms with van der Waals surface area (Å²) in [7, 11) is 0. The van der Waals surface area contributed by atoms with E-state index in [4.69, 9.17) is 36.3 Å². The lowest BCUT2D eigenvalue weighted by Crippen LogP contribution is -2.52. The van der Waals surface area contributed by atoms with E-state index in [1.54, 1.807) is 42.7 Å². The van der Waals surface area contributed by atoms with Crippen LogP contribution in [0.3, 0.4) is 0 Å². The van der Waals surface area contributed by atoms with Crippen molar-refractivity contribution in [2.24, 2.45) is 10.1 Å². The number of benzene rings is 4. The molecule has 9 rings (SSSR count). The maximum absolute atomic E-state index is 15.0. The van der Waals surface area contributed by atoms with Crippen LogP contribution in [0.4, 0.5) is 20.4 Å². The molecule has 1 saturated heterocycles. The largest absolute Gasteiger partial charge is 0.386 e. The maximum atomic E-state index is 15.0. The first-order valence-electron chi connectivity index (χ1n) is 24.7. The second-order valence-electron chi connectivity index (χ2n) is 18.2. The van der Waals surface area contributed by atoms with Crippen molar-refractivity contribution in [3.63, 3.8) is 0 Å². The summed E-state index contributed by atoms with van der Waals surface area (Å²) < 4.78 is 47.0. The highest BCUT2D eigenvalue weighted by Gasteiger charge is 2.39. The average Bonchev–Trinajstić information content (AvgIpc) is 3.64. The van der Waals surface area contributed by atoms with Gasteiger partial charge < -0.3 is 35.1 Å². The van der Waals surface area contributed by atoms with Gasteiger partial charge in [0, 0.05) is 94.5 Å². The smallest absolute Gasteiger partial charge is 0.255 e. The molecule has 1 aromatic heterocycles. The molecule has 5 aromatic rings. The highest BCUT2D eigenvalue weighted by atomic mass is 35.5. The molecule has 0 bridgehead atoms. The number of anilines is 2. The van der Waals surface area contributed by atoms with Crippen LogP contribution in [0, 0.1) is 29.0 Å². The van der Waals surface area contributed by atoms with Crippen LogP contribution in [-0.2, 0) is 36.9 Å². The van der Waals surface area contributed by atoms with Crippen molar-refractivity contribution in [1.29, 1.82) is 5.53 Å². The number of ether oxygens (including phenoxy) is 3. The highest BCUT2D eigenvalue weighted by Crippen LogP contribution is 2.35. The number of hydrogen-bond donors (Lipinski definition) is 5. The zero-order valence-corrected chi connectivity index (χ0v) is 41.3. The zero-order chi connectivity index (χ0) is 51.4. The Kier molecular flexibility index (Phi) is 17.2. The molecule has 4 aliphatic rings. The molecule has 0 spiro atoms. The number of carbonyl (C=O) groups excluding carboxylic acids is 3. The second-order valence-corrected chi connectivity index (χ2v) is 18.6. The fourth-order valence-electron chi connectivity index (χ4n) is 9.43. The van der Waals surface area contributed by atoms with Crippen molar-refractivity contribution >= 4 is 52.4 Å². The molecule has 382 valence electrons. The van der Waals surface area contributed by atoms with Gasteiger partial charge in [0.25, 0.3) is 5.91 Å². The summed E-state index contributed by atoms with van der Waals surface area (Å²) in [5, 5.41) is 16.8. The predicted octanol–water partition coefficient (Wildman–Crippen LogP) is 8.24. The van der Waals surface area contributed by atoms with Crippen LogP contribution < -0.4 is 21.3 Å². The van der Waals surface area contributed by atoms with Crippen LogP contribution in [0.1, 0.15) is 88.7 Å². The van der Waals surface area contributed by atoms with Crippen LogP contribution in [-0.4, -0.2) is 103 Å². The minimum absolute atomic E-state index is 0.110. The first-order valence-corrected chi connectivity index (χ1v) is 25.1. The molecular formula is C55H55ClF2N10O6. The third-order valence-electron chi connectivity index (χ3n) is 13.3. The van der Waals surface area contributed by atoms with Crippen LogP contribution in [0.25, 0.3) is 17.0 Å². The lowest BCUT2D eigenvalue weighted by molar-refractivity contribution is -0.136. The van der Waals surface area contributed by atoms with Gasteiger partial charge in [-0.05, 0) is 92.3 Å². The lowest BCUT2D eigenvalue weighted by atomic mass is 9.91. The Balaban J connectivity index is 0.627. The minimum Gasteiger partial charge on any atom is -0.386 e. The fraction of sp³-hybridized carbons (Fsp3) is 0.345. The van der Waals surface area contributed by atoms with Gasteiger partial charge in [-0.3, -0.25) is 24.7 Å². The number of piperidine rings is 1. The Morgan fingerprint density at radius 2 is 1.58 bits per heavy atom. The van der Waals surface area contributed by atoms with Gasteiger partial charge >= 0.3 is 0 Å². The van der Waals surface area contributed by atoms with Crippen LogP contribution in [0.2, 0.25) is 5.02 Å². The number of aliphatic imine (C=N–C) groups is 1. The number of imide groups is 1. The van der Waals surface area contributed by atoms with Crippen LogP contribution in [0.5, 0.6) is 0 Å². The lowest BCUT2D eigenvalue weighted by Gasteiger charge is -2.29. The predicted molar refractivity (Wildman–Crippen MR) is 275 cm³/mol. The van der Waals surface area contributed by atoms with Crippen LogP contribution in [0.15, 0.2) is 101 Å². The molecule has 3 amide bonds. The quantitative estimate of drug-likeness (QED) is 0.0217. The summed E-state index contributed by atoms with van der Waals surface area (Å²) in [6, 6.07) is 21.8. The molecule has 19 heteroatoms. The molecule has 2 fully saturated rings. The molecule has 74 heavy (non-hydrogen) atoms. The monoisotopic (exact) mass is 1020 g/mol. The number of fused-ring (bicyclic) bond motifs is 4. The molecular weight excluding hydrogens is 970 g/mol. The van der Waals surface area contributed by atoms with Gasteiger partial charge in [0.2, 0.25) is 17.8 Å². The molecule has 1 saturated carbocycles. The number of aromatic nitrogens is 2. The fourth-order valence-corrected chi connectivity index (χ4v) is 9.61. The molecule has 1 unspecified atom stereocenters. The number of halogens is 3. The first-order chi connectivity index (χ1) is 36.1. The first kappa shape index (κ1) is 51.6. The third-order valence-corrected chi connectivity index (χ3v) is 13.5. The van der Waals surface area contributed by atoms with Gasteiger partial charge in [0.15, 0.2) is 0 Å². The summed E-state index contributed by atoms with van der Waals surface area (Å²) in [4.78, 5) is 52.2. The maximum Gasteiger partial charge on any atom is 0.255 e. The Morgan fingerprint density at radius 1 is 0.851 bits per heavy atom. The van der Waals surface area contributed by atoms with Crippen LogP contribution >= 0.6 is 11.6 Å². The Labute approximate surface area is 432 Å². The molecule has 5 N–H and O–H groups in total. The van der Waals surface area contributed by atoms with E-state index in [1.165, 1.54) is 23.1 Å². The summed E-state index contributed by atoms with van der Waals surface area (Å²) >= 11 is 6.38. The molecule has 3 aliphatic heterocycles. The summed E-state index contributed by atoms with van der Waals surface area (Å²) in [5.74, 6) is 4.17. The standard InChI is InChI=1S/C55H55ClF2N10O6/c56-38-10-18-43-44(29-38)52(50-45(57)5-3-6-46(50)58)62-30-37-31-63-55(66-51(37)43)64-41-11-8-35(9-12-41)47(67-59)32-61-40-15-13-39(14-16-40)60-21-23-73-25-27-74-26-24-72-22-2-1-4-34-7-17-42-36(28-34)33-68(54(42)71)48-19-20-49(69)65-53(48)70/h3,5-12,17-18,28-29,31-32,39-40,48,59-61H,2,13-16,19-27,30,33H2,(H,63,64,66)(H,65,69,70)/b47-32-,67-59?. The molecule has 16 nitrogen and oxygen atoms in total. The Hall–Kier alpha value is -7.27. The summed E-state index contributed by atoms with van der Waals surface area (Å²) in [5.41, 5.74) is 14.3. The second kappa shape index (κ2) is 24.6. The van der Waals surface area contributed by atoms with Gasteiger partial charge in [0.05, 0.1) is 63.2 Å². The SMILES string of the molecule is N=N/C(=C\NC1CCC(NCCOCCOCCOCCC#Cc2ccc3c(c2)CN(C2CCC(=O)NC2=O)C3=O)CC1)c1ccc(Nc2ncc3c(n2)-c2ccc(Cl)cc2C(c2c(F)cccc2F)=NC3)cc1. The van der Waals surface area contributed by atoms with Crippen molar-refractivity contribution in [3.8, 4) is 23.1 Å². The molecule has 4 heterocycles. The number of carbonyl (C=O) groups is 3. The number of nitrogens with one attached hydrogen (secondary N) is 5. The van der Waals surface area contributed by atoms with Crippen molar-refractivity contribution in [1.82, 2.24) is 30.8 Å². The number of nitrogens with zero attached hydrogens (tertiary/aromatic N) is 5. The highest BCUT2D eigenvalue weighted by molar-refractivity contribution is 6.31. The van der Waals surface area contributed by atoms with E-state index >= 15 is 0 Å². The average molecular weight is 1030 g/mol. The Morgan fingerprint density at radius 3 is 2.34 bits per heavy atom. The van der Waals surface area contributed by atoms with Crippen molar-refractivity contribution in [3.05, 3.63) is 147 Å². The van der Waals surface area contributed by atoms with Gasteiger partial charge in [0.1, 0.15) is 23.4 Å². The van der Waals surface area contributed by atoms with Gasteiger partial charge in [-0.1, -0.05) is 47.7 Å². The minimum atomic E-state index is -0.724. The van der Waals surface area contributed by atoms with Gasteiger partial charge in [-0.15, -0.1) is 0 Å². The van der Waals surface area contributed by atoms with E-state index in [2.05, 4.69) is 48.2 Å². The van der Waals surface area contributed by atoms with Crippen molar-refractivity contribution in [2.75, 3.05) is 51.5 Å². The molecule has 1 aliphatic carbocycles. The van der Waals surface area contributed by atoms with E-state index in [0.29, 0.717) is 115 Å². The summed E-state index contributed by atoms with van der Waals surface area (Å²) in [6.07, 6.45) is 8.53. The van der Waals surface area contributed by atoms with Gasteiger partial charge in [-0.25, -0.2) is 24.3 Å². The van der Waals surface area contributed by atoms with E-state index < -0.39 is 23.6 Å². The normalized spacial score (nSPS) is 18.3. The number of hydrogen-bond acceptors (Lipinski definition) is 14. The van der Waals surface area contributed by atoms with E-state index in [0.717, 1.165) is 48.9 Å². The number of rotatable bonds is 20. The summed E-state index contributed by atoms with van der Waals surface area (Å²) in [6.45, 7) is 4.11. The Bertz CT molecular complexity index is 3010. The van der Waals surface area contributed by atoms with E-state index in [9.17, 15) is 23.2 Å². The number of amides is 3. The third kappa shape index (κ3) is 12.7. The van der Waals surface area contributed by atoms with Crippen molar-refractivity contribution in [2.45, 2.75) is 76.2 Å². The van der Waals surface area contributed by atoms with Crippen molar-refractivity contribution < 1.29 is 37.4 Å². The molecule has 0 radical (unpaired) electrons.